The van der Waals surface area contributed by atoms with Crippen LogP contribution in [0.25, 0.3) is 0 Å². The van der Waals surface area contributed by atoms with E-state index in [1.165, 1.54) is 15.9 Å². The fourth-order valence-corrected chi connectivity index (χ4v) is 9.45. The van der Waals surface area contributed by atoms with Crippen LogP contribution in [0.5, 0.6) is 5.75 Å². The molecular weight excluding hydrogens is 545 g/mol. The molecule has 0 bridgehead atoms. The molecule has 4 aromatic carbocycles. The molecule has 0 amide bonds. The largest absolute Gasteiger partial charge is 0.492 e. The molecule has 5 rings (SSSR count). The third kappa shape index (κ3) is 4.01. The van der Waals surface area contributed by atoms with Crippen molar-refractivity contribution in [3.05, 3.63) is 118 Å². The second-order valence-electron chi connectivity index (χ2n) is 7.72. The van der Waals surface area contributed by atoms with E-state index in [4.69, 9.17) is 9.48 Å². The maximum absolute atomic E-state index is 6.06. The van der Waals surface area contributed by atoms with E-state index in [0.717, 1.165) is 26.7 Å². The summed E-state index contributed by atoms with van der Waals surface area (Å²) in [6, 6.07) is 36.6. The van der Waals surface area contributed by atoms with Gasteiger partial charge in [0.1, 0.15) is 5.75 Å². The van der Waals surface area contributed by atoms with Crippen LogP contribution in [0.4, 0.5) is 0 Å². The zero-order valence-corrected chi connectivity index (χ0v) is 21.4. The van der Waals surface area contributed by atoms with Gasteiger partial charge in [0.2, 0.25) is 0 Å². The first-order chi connectivity index (χ1) is 15.7. The highest BCUT2D eigenvalue weighted by molar-refractivity contribution is 9.11. The SMILES string of the molecule is Brc1cc(Br)c2c(c1)[C@H](N=P(c1ccccc1)(c1ccccc1)c1ccccc1)CCO2. The third-order valence-electron chi connectivity index (χ3n) is 5.74. The lowest BCUT2D eigenvalue weighted by atomic mass is 10.0. The molecule has 0 saturated heterocycles. The highest BCUT2D eigenvalue weighted by Crippen LogP contribution is 2.52. The summed E-state index contributed by atoms with van der Waals surface area (Å²) in [5, 5.41) is 3.79. The predicted molar refractivity (Wildman–Crippen MR) is 142 cm³/mol. The Bertz CT molecular complexity index is 1170. The van der Waals surface area contributed by atoms with Crippen LogP contribution in [0, 0.1) is 0 Å². The molecule has 0 saturated carbocycles. The van der Waals surface area contributed by atoms with Gasteiger partial charge in [-0.25, -0.2) is 0 Å². The molecule has 2 nitrogen and oxygen atoms in total. The van der Waals surface area contributed by atoms with Crippen molar-refractivity contribution in [1.82, 2.24) is 0 Å². The molecule has 32 heavy (non-hydrogen) atoms. The molecule has 0 aromatic heterocycles. The van der Waals surface area contributed by atoms with Gasteiger partial charge >= 0.3 is 0 Å². The summed E-state index contributed by atoms with van der Waals surface area (Å²) in [5.74, 6) is 0.903. The van der Waals surface area contributed by atoms with E-state index in [1.807, 2.05) is 6.07 Å². The minimum absolute atomic E-state index is 0.0292. The van der Waals surface area contributed by atoms with Crippen molar-refractivity contribution in [2.24, 2.45) is 4.74 Å². The molecule has 0 unspecified atom stereocenters. The lowest BCUT2D eigenvalue weighted by Gasteiger charge is -2.32. The van der Waals surface area contributed by atoms with Crippen LogP contribution < -0.4 is 20.7 Å². The number of hydrogen-bond acceptors (Lipinski definition) is 2. The van der Waals surface area contributed by atoms with Crippen LogP contribution in [-0.2, 0) is 0 Å². The minimum atomic E-state index is -2.27. The Morgan fingerprint density at radius 1 is 0.719 bits per heavy atom. The summed E-state index contributed by atoms with van der Waals surface area (Å²) in [6.45, 7) is 0.653. The van der Waals surface area contributed by atoms with Crippen molar-refractivity contribution < 1.29 is 4.74 Å². The van der Waals surface area contributed by atoms with Gasteiger partial charge in [-0.15, -0.1) is 0 Å². The zero-order chi connectivity index (χ0) is 22.0. The van der Waals surface area contributed by atoms with Crippen LogP contribution >= 0.6 is 38.9 Å². The molecule has 1 heterocycles. The summed E-state index contributed by atoms with van der Waals surface area (Å²) in [6.07, 6.45) is 0.851. The Hall–Kier alpha value is -2.13. The Labute approximate surface area is 206 Å². The fourth-order valence-electron chi connectivity index (χ4n) is 4.32. The van der Waals surface area contributed by atoms with Crippen LogP contribution in [-0.4, -0.2) is 6.61 Å². The molecule has 0 N–H and O–H groups in total. The van der Waals surface area contributed by atoms with E-state index in [1.54, 1.807) is 0 Å². The lowest BCUT2D eigenvalue weighted by molar-refractivity contribution is 0.268. The van der Waals surface area contributed by atoms with Crippen LogP contribution in [0.3, 0.4) is 0 Å². The molecule has 160 valence electrons. The van der Waals surface area contributed by atoms with Crippen molar-refractivity contribution in [2.75, 3.05) is 6.61 Å². The van der Waals surface area contributed by atoms with Gasteiger partial charge in [-0.05, 0) is 28.1 Å². The fraction of sp³-hybridized carbons (Fsp3) is 0.111. The quantitative estimate of drug-likeness (QED) is 0.239. The number of rotatable bonds is 4. The molecule has 4 aromatic rings. The molecular formula is C27H22Br2NOP. The second kappa shape index (κ2) is 9.39. The van der Waals surface area contributed by atoms with Crippen molar-refractivity contribution in [2.45, 2.75) is 12.5 Å². The summed E-state index contributed by atoms with van der Waals surface area (Å²) < 4.78 is 13.8. The van der Waals surface area contributed by atoms with Crippen LogP contribution in [0.2, 0.25) is 0 Å². The summed E-state index contributed by atoms with van der Waals surface area (Å²) in [5.41, 5.74) is 1.13. The third-order valence-corrected chi connectivity index (χ3v) is 10.5. The Balaban J connectivity index is 1.86. The maximum atomic E-state index is 6.06. The smallest absolute Gasteiger partial charge is 0.138 e. The Kier molecular flexibility index (Phi) is 6.37. The molecule has 0 radical (unpaired) electrons. The van der Waals surface area contributed by atoms with E-state index in [2.05, 4.69) is 129 Å². The van der Waals surface area contributed by atoms with Gasteiger partial charge in [-0.3, -0.25) is 4.74 Å². The monoisotopic (exact) mass is 565 g/mol. The van der Waals surface area contributed by atoms with Crippen molar-refractivity contribution in [3.8, 4) is 5.75 Å². The molecule has 1 atom stereocenters. The molecule has 1 aliphatic rings. The van der Waals surface area contributed by atoms with E-state index < -0.39 is 7.05 Å². The normalized spacial score (nSPS) is 15.5. The molecule has 0 fully saturated rings. The Morgan fingerprint density at radius 3 is 1.72 bits per heavy atom. The molecule has 0 aliphatic carbocycles. The Morgan fingerprint density at radius 2 is 1.22 bits per heavy atom. The van der Waals surface area contributed by atoms with Crippen molar-refractivity contribution >= 4 is 54.8 Å². The van der Waals surface area contributed by atoms with Crippen LogP contribution in [0.15, 0.2) is 117 Å². The van der Waals surface area contributed by atoms with Gasteiger partial charge in [0.25, 0.3) is 0 Å². The lowest BCUT2D eigenvalue weighted by Crippen LogP contribution is -2.26. The van der Waals surface area contributed by atoms with Crippen LogP contribution in [0.1, 0.15) is 18.0 Å². The van der Waals surface area contributed by atoms with Gasteiger partial charge in [0.15, 0.2) is 0 Å². The summed E-state index contributed by atoms with van der Waals surface area (Å²) in [7, 11) is -2.27. The van der Waals surface area contributed by atoms with Crippen molar-refractivity contribution in [1.29, 1.82) is 0 Å². The maximum Gasteiger partial charge on any atom is 0.138 e. The summed E-state index contributed by atoms with van der Waals surface area (Å²) >= 11 is 7.35. The average Bonchev–Trinajstić information content (AvgIpc) is 2.84. The molecule has 5 heteroatoms. The van der Waals surface area contributed by atoms with E-state index in [0.29, 0.717) is 6.61 Å². The highest BCUT2D eigenvalue weighted by atomic mass is 79.9. The highest BCUT2D eigenvalue weighted by Gasteiger charge is 2.31. The van der Waals surface area contributed by atoms with Gasteiger partial charge in [-0.1, -0.05) is 107 Å². The van der Waals surface area contributed by atoms with Gasteiger partial charge in [0.05, 0.1) is 24.2 Å². The second-order valence-corrected chi connectivity index (χ2v) is 12.5. The van der Waals surface area contributed by atoms with Gasteiger partial charge in [-0.2, -0.15) is 0 Å². The predicted octanol–water partition coefficient (Wildman–Crippen LogP) is 7.21. The number of halogens is 2. The molecule has 1 aliphatic heterocycles. The van der Waals surface area contributed by atoms with Crippen molar-refractivity contribution in [3.63, 3.8) is 0 Å². The van der Waals surface area contributed by atoms with E-state index >= 15 is 0 Å². The number of ether oxygens (including phenoxy) is 1. The standard InChI is InChI=1S/C27H22Br2NOP/c28-20-18-24-26(16-17-31-27(24)25(29)19-20)30-32(21-10-4-1-5-11-21,22-12-6-2-7-13-22)23-14-8-3-9-15-23/h1-15,18-19,26H,16-17H2/t26-/m1/s1. The number of hydrogen-bond donors (Lipinski definition) is 0. The number of nitrogens with zero attached hydrogens (tertiary/aromatic N) is 1. The average molecular weight is 567 g/mol. The van der Waals surface area contributed by atoms with Gasteiger partial charge < -0.3 is 4.74 Å². The first kappa shape index (κ1) is 21.7. The zero-order valence-electron chi connectivity index (χ0n) is 17.4. The summed E-state index contributed by atoms with van der Waals surface area (Å²) in [4.78, 5) is 0. The first-order valence-corrected chi connectivity index (χ1v) is 13.9. The number of benzene rings is 4. The molecule has 0 spiro atoms. The topological polar surface area (TPSA) is 21.6 Å². The van der Waals surface area contributed by atoms with Gasteiger partial charge in [0, 0.05) is 32.4 Å². The minimum Gasteiger partial charge on any atom is -0.492 e. The van der Waals surface area contributed by atoms with E-state index in [-0.39, 0.29) is 6.04 Å². The first-order valence-electron chi connectivity index (χ1n) is 10.6. The number of fused-ring (bicyclic) bond motifs is 1. The van der Waals surface area contributed by atoms with E-state index in [9.17, 15) is 0 Å².